The standard InChI is InChI=1S/C15H14N2O/c1-2-16-12-9-7-11(8-10-12)15-17-13-5-3-4-6-14(13)18-15/h3-10,16H,2H2,1H3. The molecule has 1 aromatic heterocycles. The lowest BCUT2D eigenvalue weighted by atomic mass is 10.2. The molecule has 3 nitrogen and oxygen atoms in total. The maximum atomic E-state index is 5.72. The molecule has 90 valence electrons. The van der Waals surface area contributed by atoms with Gasteiger partial charge in [-0.2, -0.15) is 0 Å². The molecule has 3 rings (SSSR count). The second kappa shape index (κ2) is 4.53. The molecule has 1 N–H and O–H groups in total. The van der Waals surface area contributed by atoms with Crippen molar-refractivity contribution in [3.8, 4) is 11.5 Å². The van der Waals surface area contributed by atoms with Gasteiger partial charge >= 0.3 is 0 Å². The molecule has 0 saturated heterocycles. The predicted octanol–water partition coefficient (Wildman–Crippen LogP) is 3.93. The average Bonchev–Trinajstić information content (AvgIpc) is 2.84. The van der Waals surface area contributed by atoms with E-state index in [2.05, 4.69) is 17.2 Å². The lowest BCUT2D eigenvalue weighted by molar-refractivity contribution is 0.620. The summed E-state index contributed by atoms with van der Waals surface area (Å²) >= 11 is 0. The number of oxazole rings is 1. The first-order valence-electron chi connectivity index (χ1n) is 6.06. The lowest BCUT2D eigenvalue weighted by Gasteiger charge is -2.02. The number of para-hydroxylation sites is 2. The van der Waals surface area contributed by atoms with Gasteiger partial charge in [-0.15, -0.1) is 0 Å². The zero-order valence-corrected chi connectivity index (χ0v) is 10.2. The molecule has 0 amide bonds. The highest BCUT2D eigenvalue weighted by Gasteiger charge is 2.06. The van der Waals surface area contributed by atoms with E-state index in [0.717, 1.165) is 28.9 Å². The summed E-state index contributed by atoms with van der Waals surface area (Å²) in [4.78, 5) is 4.47. The van der Waals surface area contributed by atoms with Gasteiger partial charge in [0.1, 0.15) is 5.52 Å². The molecule has 0 aliphatic rings. The fourth-order valence-corrected chi connectivity index (χ4v) is 1.93. The second-order valence-corrected chi connectivity index (χ2v) is 4.09. The lowest BCUT2D eigenvalue weighted by Crippen LogP contribution is -1.95. The third-order valence-electron chi connectivity index (χ3n) is 2.81. The molecule has 18 heavy (non-hydrogen) atoms. The van der Waals surface area contributed by atoms with E-state index in [-0.39, 0.29) is 0 Å². The van der Waals surface area contributed by atoms with Gasteiger partial charge in [-0.1, -0.05) is 12.1 Å². The molecule has 0 radical (unpaired) electrons. The SMILES string of the molecule is CCNc1ccc(-c2nc3ccccc3o2)cc1. The van der Waals surface area contributed by atoms with Crippen LogP contribution in [-0.2, 0) is 0 Å². The molecular weight excluding hydrogens is 224 g/mol. The van der Waals surface area contributed by atoms with Gasteiger partial charge in [0.15, 0.2) is 5.58 Å². The molecule has 2 aromatic carbocycles. The number of benzene rings is 2. The number of rotatable bonds is 3. The topological polar surface area (TPSA) is 38.1 Å². The first-order valence-corrected chi connectivity index (χ1v) is 6.06. The maximum absolute atomic E-state index is 5.72. The van der Waals surface area contributed by atoms with Crippen LogP contribution in [0.3, 0.4) is 0 Å². The highest BCUT2D eigenvalue weighted by atomic mass is 16.3. The summed E-state index contributed by atoms with van der Waals surface area (Å²) in [6.45, 7) is 3.00. The summed E-state index contributed by atoms with van der Waals surface area (Å²) in [5, 5.41) is 3.26. The summed E-state index contributed by atoms with van der Waals surface area (Å²) in [5.41, 5.74) is 3.82. The number of anilines is 1. The van der Waals surface area contributed by atoms with Crippen molar-refractivity contribution in [3.05, 3.63) is 48.5 Å². The van der Waals surface area contributed by atoms with Crippen molar-refractivity contribution in [2.45, 2.75) is 6.92 Å². The van der Waals surface area contributed by atoms with Gasteiger partial charge in [0.25, 0.3) is 0 Å². The van der Waals surface area contributed by atoms with Crippen molar-refractivity contribution in [2.24, 2.45) is 0 Å². The number of fused-ring (bicyclic) bond motifs is 1. The van der Waals surface area contributed by atoms with Crippen LogP contribution in [0.25, 0.3) is 22.6 Å². The van der Waals surface area contributed by atoms with Crippen molar-refractivity contribution in [2.75, 3.05) is 11.9 Å². The first kappa shape index (κ1) is 10.8. The molecule has 1 heterocycles. The van der Waals surface area contributed by atoms with Gasteiger partial charge in [-0.25, -0.2) is 4.98 Å². The highest BCUT2D eigenvalue weighted by molar-refractivity contribution is 5.76. The van der Waals surface area contributed by atoms with Crippen LogP contribution in [0, 0.1) is 0 Å². The number of hydrogen-bond acceptors (Lipinski definition) is 3. The number of nitrogens with zero attached hydrogens (tertiary/aromatic N) is 1. The first-order chi connectivity index (χ1) is 8.86. The van der Waals surface area contributed by atoms with Gasteiger partial charge in [0.2, 0.25) is 5.89 Å². The fraction of sp³-hybridized carbons (Fsp3) is 0.133. The molecule has 0 saturated carbocycles. The van der Waals surface area contributed by atoms with Crippen LogP contribution in [-0.4, -0.2) is 11.5 Å². The summed E-state index contributed by atoms with van der Waals surface area (Å²) in [6, 6.07) is 15.9. The Morgan fingerprint density at radius 3 is 2.56 bits per heavy atom. The minimum Gasteiger partial charge on any atom is -0.436 e. The molecule has 3 aromatic rings. The number of hydrogen-bond donors (Lipinski definition) is 1. The van der Waals surface area contributed by atoms with Crippen molar-refractivity contribution in [1.29, 1.82) is 0 Å². The molecule has 0 unspecified atom stereocenters. The van der Waals surface area contributed by atoms with E-state index in [1.54, 1.807) is 0 Å². The van der Waals surface area contributed by atoms with Gasteiger partial charge in [0.05, 0.1) is 0 Å². The van der Waals surface area contributed by atoms with Crippen LogP contribution in [0.1, 0.15) is 6.92 Å². The quantitative estimate of drug-likeness (QED) is 0.751. The smallest absolute Gasteiger partial charge is 0.227 e. The Bertz CT molecular complexity index is 623. The van der Waals surface area contributed by atoms with Crippen LogP contribution in [0.2, 0.25) is 0 Å². The van der Waals surface area contributed by atoms with Crippen LogP contribution in [0.15, 0.2) is 52.9 Å². The maximum Gasteiger partial charge on any atom is 0.227 e. The van der Waals surface area contributed by atoms with Gasteiger partial charge in [0, 0.05) is 17.8 Å². The summed E-state index contributed by atoms with van der Waals surface area (Å²) in [5.74, 6) is 0.666. The van der Waals surface area contributed by atoms with Crippen LogP contribution < -0.4 is 5.32 Å². The van der Waals surface area contributed by atoms with Crippen molar-refractivity contribution in [3.63, 3.8) is 0 Å². The zero-order valence-electron chi connectivity index (χ0n) is 10.2. The fourth-order valence-electron chi connectivity index (χ4n) is 1.93. The van der Waals surface area contributed by atoms with Crippen LogP contribution >= 0.6 is 0 Å². The molecule has 3 heteroatoms. The zero-order chi connectivity index (χ0) is 12.4. The van der Waals surface area contributed by atoms with Gasteiger partial charge in [-0.05, 0) is 43.3 Å². The summed E-state index contributed by atoms with van der Waals surface area (Å²) in [6.07, 6.45) is 0. The van der Waals surface area contributed by atoms with E-state index < -0.39 is 0 Å². The van der Waals surface area contributed by atoms with Gasteiger partial charge < -0.3 is 9.73 Å². The highest BCUT2D eigenvalue weighted by Crippen LogP contribution is 2.24. The van der Waals surface area contributed by atoms with Crippen LogP contribution in [0.5, 0.6) is 0 Å². The Balaban J connectivity index is 1.98. The van der Waals surface area contributed by atoms with E-state index in [0.29, 0.717) is 5.89 Å². The Hall–Kier alpha value is -2.29. The Morgan fingerprint density at radius 2 is 1.83 bits per heavy atom. The molecule has 0 bridgehead atoms. The number of aromatic nitrogens is 1. The second-order valence-electron chi connectivity index (χ2n) is 4.09. The molecule has 0 aliphatic heterocycles. The Kier molecular flexibility index (Phi) is 2.73. The van der Waals surface area contributed by atoms with E-state index in [9.17, 15) is 0 Å². The average molecular weight is 238 g/mol. The molecule has 0 aliphatic carbocycles. The van der Waals surface area contributed by atoms with Crippen molar-refractivity contribution >= 4 is 16.8 Å². The Morgan fingerprint density at radius 1 is 1.06 bits per heavy atom. The van der Waals surface area contributed by atoms with E-state index >= 15 is 0 Å². The third-order valence-corrected chi connectivity index (χ3v) is 2.81. The van der Waals surface area contributed by atoms with E-state index in [4.69, 9.17) is 4.42 Å². The largest absolute Gasteiger partial charge is 0.436 e. The van der Waals surface area contributed by atoms with Crippen LogP contribution in [0.4, 0.5) is 5.69 Å². The van der Waals surface area contributed by atoms with E-state index in [1.807, 2.05) is 48.5 Å². The van der Waals surface area contributed by atoms with E-state index in [1.165, 1.54) is 0 Å². The molecular formula is C15H14N2O. The van der Waals surface area contributed by atoms with Crippen molar-refractivity contribution in [1.82, 2.24) is 4.98 Å². The molecule has 0 spiro atoms. The minimum absolute atomic E-state index is 0.666. The predicted molar refractivity (Wildman–Crippen MR) is 73.6 cm³/mol. The van der Waals surface area contributed by atoms with Crippen molar-refractivity contribution < 1.29 is 4.42 Å². The number of nitrogens with one attached hydrogen (secondary N) is 1. The normalized spacial score (nSPS) is 10.7. The summed E-state index contributed by atoms with van der Waals surface area (Å²) < 4.78 is 5.72. The molecule has 0 atom stereocenters. The third kappa shape index (κ3) is 1.95. The minimum atomic E-state index is 0.666. The molecule has 0 fully saturated rings. The summed E-state index contributed by atoms with van der Waals surface area (Å²) in [7, 11) is 0. The Labute approximate surface area is 105 Å². The monoisotopic (exact) mass is 238 g/mol. The van der Waals surface area contributed by atoms with Gasteiger partial charge in [-0.3, -0.25) is 0 Å².